The summed E-state index contributed by atoms with van der Waals surface area (Å²) in [5.41, 5.74) is 0. The van der Waals surface area contributed by atoms with Crippen molar-refractivity contribution < 1.29 is 4.74 Å². The van der Waals surface area contributed by atoms with Crippen LogP contribution < -0.4 is 10.6 Å². The highest BCUT2D eigenvalue weighted by molar-refractivity contribution is 14.0. The Balaban J connectivity index is 0.00000441. The molecule has 6 nitrogen and oxygen atoms in total. The molecule has 1 aromatic rings. The maximum absolute atomic E-state index is 5.30. The van der Waals surface area contributed by atoms with E-state index in [1.807, 2.05) is 26.2 Å². The first-order valence-electron chi connectivity index (χ1n) is 7.85. The molecule has 0 saturated carbocycles. The quantitative estimate of drug-likeness (QED) is 0.262. The molecule has 22 heavy (non-hydrogen) atoms. The lowest BCUT2D eigenvalue weighted by Crippen LogP contribution is -2.39. The number of rotatable bonds is 10. The third-order valence-electron chi connectivity index (χ3n) is 3.09. The van der Waals surface area contributed by atoms with E-state index in [4.69, 9.17) is 4.74 Å². The molecule has 0 aliphatic rings. The third kappa shape index (κ3) is 9.24. The van der Waals surface area contributed by atoms with Gasteiger partial charge in [-0.2, -0.15) is 0 Å². The number of nitrogens with zero attached hydrogens (tertiary/aromatic N) is 3. The van der Waals surface area contributed by atoms with Crippen molar-refractivity contribution in [2.45, 2.75) is 40.2 Å². The van der Waals surface area contributed by atoms with Crippen LogP contribution in [0.25, 0.3) is 0 Å². The minimum atomic E-state index is 0. The van der Waals surface area contributed by atoms with Crippen LogP contribution in [0, 0.1) is 6.92 Å². The first kappa shape index (κ1) is 21.2. The van der Waals surface area contributed by atoms with Crippen LogP contribution in [0.2, 0.25) is 0 Å². The van der Waals surface area contributed by atoms with Gasteiger partial charge in [0.1, 0.15) is 5.82 Å². The second-order valence-corrected chi connectivity index (χ2v) is 4.76. The van der Waals surface area contributed by atoms with Crippen LogP contribution in [0.4, 0.5) is 0 Å². The van der Waals surface area contributed by atoms with Gasteiger partial charge in [0.05, 0.1) is 6.61 Å². The van der Waals surface area contributed by atoms with Crippen molar-refractivity contribution in [1.82, 2.24) is 20.2 Å². The fraction of sp³-hybridized carbons (Fsp3) is 0.733. The van der Waals surface area contributed by atoms with Crippen LogP contribution in [0.3, 0.4) is 0 Å². The van der Waals surface area contributed by atoms with Crippen LogP contribution in [0.15, 0.2) is 17.4 Å². The minimum absolute atomic E-state index is 0. The number of guanidine groups is 1. The lowest BCUT2D eigenvalue weighted by molar-refractivity contribution is 0.152. The van der Waals surface area contributed by atoms with Gasteiger partial charge in [-0.15, -0.1) is 24.0 Å². The maximum atomic E-state index is 5.30. The Labute approximate surface area is 151 Å². The molecule has 0 bridgehead atoms. The zero-order chi connectivity index (χ0) is 15.3. The van der Waals surface area contributed by atoms with E-state index in [0.29, 0.717) is 6.61 Å². The van der Waals surface area contributed by atoms with Gasteiger partial charge in [-0.1, -0.05) is 0 Å². The van der Waals surface area contributed by atoms with Crippen molar-refractivity contribution >= 4 is 29.9 Å². The molecule has 2 N–H and O–H groups in total. The Kier molecular flexibility index (Phi) is 13.3. The highest BCUT2D eigenvalue weighted by Gasteiger charge is 1.98. The van der Waals surface area contributed by atoms with Crippen LogP contribution >= 0.6 is 24.0 Å². The summed E-state index contributed by atoms with van der Waals surface area (Å²) in [6.45, 7) is 11.1. The molecule has 0 unspecified atom stereocenters. The third-order valence-corrected chi connectivity index (χ3v) is 3.09. The number of aliphatic imine (C=N–C) groups is 1. The van der Waals surface area contributed by atoms with E-state index in [1.54, 1.807) is 0 Å². The average molecular weight is 423 g/mol. The molecular weight excluding hydrogens is 393 g/mol. The van der Waals surface area contributed by atoms with Crippen molar-refractivity contribution in [3.8, 4) is 0 Å². The molecule has 0 aliphatic heterocycles. The molecular formula is C15H30IN5O. The number of ether oxygens (including phenoxy) is 1. The van der Waals surface area contributed by atoms with E-state index in [9.17, 15) is 0 Å². The van der Waals surface area contributed by atoms with Gasteiger partial charge in [-0.05, 0) is 33.6 Å². The number of hydrogen-bond donors (Lipinski definition) is 2. The highest BCUT2D eigenvalue weighted by Crippen LogP contribution is 1.99. The summed E-state index contributed by atoms with van der Waals surface area (Å²) < 4.78 is 7.48. The van der Waals surface area contributed by atoms with Gasteiger partial charge >= 0.3 is 0 Å². The van der Waals surface area contributed by atoms with Crippen LogP contribution in [0.5, 0.6) is 0 Å². The predicted molar refractivity (Wildman–Crippen MR) is 102 cm³/mol. The fourth-order valence-corrected chi connectivity index (χ4v) is 1.95. The Bertz CT molecular complexity index is 408. The number of unbranched alkanes of at least 4 members (excludes halogenated alkanes) is 1. The lowest BCUT2D eigenvalue weighted by atomic mass is 10.3. The second kappa shape index (κ2) is 13.8. The number of imidazole rings is 1. The number of aryl methyl sites for hydroxylation is 2. The zero-order valence-corrected chi connectivity index (χ0v) is 16.3. The number of hydrogen-bond acceptors (Lipinski definition) is 3. The molecule has 0 aliphatic carbocycles. The second-order valence-electron chi connectivity index (χ2n) is 4.76. The Morgan fingerprint density at radius 3 is 2.77 bits per heavy atom. The smallest absolute Gasteiger partial charge is 0.191 e. The average Bonchev–Trinajstić information content (AvgIpc) is 2.88. The molecule has 1 aromatic heterocycles. The summed E-state index contributed by atoms with van der Waals surface area (Å²) in [4.78, 5) is 8.79. The standard InChI is InChI=1S/C15H29N5O.HI/c1-4-16-15(19-10-13-21-5-2)18-8-6-7-11-20-12-9-17-14(20)3;/h9,12H,4-8,10-11,13H2,1-3H3,(H2,16,18,19);1H. The molecule has 1 rings (SSSR count). The van der Waals surface area contributed by atoms with E-state index in [2.05, 4.69) is 32.1 Å². The van der Waals surface area contributed by atoms with Crippen molar-refractivity contribution in [2.75, 3.05) is 32.8 Å². The van der Waals surface area contributed by atoms with E-state index in [0.717, 1.165) is 57.4 Å². The van der Waals surface area contributed by atoms with E-state index in [1.165, 1.54) is 0 Å². The molecule has 0 saturated heterocycles. The molecule has 1 heterocycles. The summed E-state index contributed by atoms with van der Waals surface area (Å²) >= 11 is 0. The first-order valence-corrected chi connectivity index (χ1v) is 7.85. The normalized spacial score (nSPS) is 11.1. The van der Waals surface area contributed by atoms with Crippen molar-refractivity contribution in [3.05, 3.63) is 18.2 Å². The van der Waals surface area contributed by atoms with Gasteiger partial charge in [0.25, 0.3) is 0 Å². The molecule has 0 radical (unpaired) electrons. The molecule has 0 spiro atoms. The molecule has 128 valence electrons. The summed E-state index contributed by atoms with van der Waals surface area (Å²) in [5, 5.41) is 6.51. The van der Waals surface area contributed by atoms with Gasteiger partial charge in [0, 0.05) is 45.2 Å². The Morgan fingerprint density at radius 2 is 2.14 bits per heavy atom. The Morgan fingerprint density at radius 1 is 1.32 bits per heavy atom. The van der Waals surface area contributed by atoms with Crippen LogP contribution in [-0.2, 0) is 11.3 Å². The van der Waals surface area contributed by atoms with Gasteiger partial charge < -0.3 is 19.9 Å². The van der Waals surface area contributed by atoms with Gasteiger partial charge in [0.15, 0.2) is 5.96 Å². The van der Waals surface area contributed by atoms with Crippen molar-refractivity contribution in [1.29, 1.82) is 0 Å². The topological polar surface area (TPSA) is 63.5 Å². The zero-order valence-electron chi connectivity index (χ0n) is 14.0. The van der Waals surface area contributed by atoms with E-state index in [-0.39, 0.29) is 24.0 Å². The lowest BCUT2D eigenvalue weighted by Gasteiger charge is -2.11. The molecule has 0 atom stereocenters. The largest absolute Gasteiger partial charge is 0.380 e. The molecule has 0 amide bonds. The van der Waals surface area contributed by atoms with E-state index < -0.39 is 0 Å². The number of halogens is 1. The summed E-state index contributed by atoms with van der Waals surface area (Å²) in [7, 11) is 0. The van der Waals surface area contributed by atoms with Crippen molar-refractivity contribution in [2.24, 2.45) is 4.99 Å². The monoisotopic (exact) mass is 423 g/mol. The van der Waals surface area contributed by atoms with Crippen LogP contribution in [-0.4, -0.2) is 48.4 Å². The molecule has 0 aromatic carbocycles. The number of nitrogens with one attached hydrogen (secondary N) is 2. The SMILES string of the molecule is CCNC(=NCCCCn1ccnc1C)NCCOCC.I. The highest BCUT2D eigenvalue weighted by atomic mass is 127. The summed E-state index contributed by atoms with van der Waals surface area (Å²) in [6.07, 6.45) is 6.05. The first-order chi connectivity index (χ1) is 10.3. The minimum Gasteiger partial charge on any atom is -0.380 e. The van der Waals surface area contributed by atoms with Gasteiger partial charge in [-0.3, -0.25) is 4.99 Å². The van der Waals surface area contributed by atoms with Gasteiger partial charge in [-0.25, -0.2) is 4.98 Å². The molecule has 0 fully saturated rings. The Hall–Kier alpha value is -0.830. The summed E-state index contributed by atoms with van der Waals surface area (Å²) in [5.74, 6) is 1.94. The number of aromatic nitrogens is 2. The molecule has 7 heteroatoms. The fourth-order valence-electron chi connectivity index (χ4n) is 1.95. The van der Waals surface area contributed by atoms with Gasteiger partial charge in [0.2, 0.25) is 0 Å². The summed E-state index contributed by atoms with van der Waals surface area (Å²) in [6, 6.07) is 0. The van der Waals surface area contributed by atoms with Crippen LogP contribution in [0.1, 0.15) is 32.5 Å². The maximum Gasteiger partial charge on any atom is 0.191 e. The predicted octanol–water partition coefficient (Wildman–Crippen LogP) is 2.18. The van der Waals surface area contributed by atoms with E-state index >= 15 is 0 Å². The van der Waals surface area contributed by atoms with Crippen molar-refractivity contribution in [3.63, 3.8) is 0 Å².